The molecule has 1 aliphatic carbocycles. The van der Waals surface area contributed by atoms with Crippen LogP contribution < -0.4 is 5.43 Å². The smallest absolute Gasteiger partial charge is 0.273 e. The summed E-state index contributed by atoms with van der Waals surface area (Å²) in [5.41, 5.74) is 4.02. The minimum Gasteiger partial charge on any atom is -0.345 e. The fraction of sp³-hybridized carbons (Fsp3) is 0.300. The summed E-state index contributed by atoms with van der Waals surface area (Å²) >= 11 is 0. The van der Waals surface area contributed by atoms with Gasteiger partial charge in [0, 0.05) is 18.3 Å². The Balaban J connectivity index is 1.95. The van der Waals surface area contributed by atoms with Crippen molar-refractivity contribution in [3.63, 3.8) is 0 Å². The first-order valence-corrected chi connectivity index (χ1v) is 4.94. The molecule has 2 N–H and O–H groups in total. The predicted octanol–water partition coefficient (Wildman–Crippen LogP) is 0.689. The maximum Gasteiger partial charge on any atom is 0.273 e. The first-order chi connectivity index (χ1) is 7.34. The molecule has 5 nitrogen and oxygen atoms in total. The first kappa shape index (κ1) is 8.40. The molecule has 5 heteroatoms. The molecule has 0 spiro atoms. The van der Waals surface area contributed by atoms with Crippen LogP contribution in [0.4, 0.5) is 0 Å². The van der Waals surface area contributed by atoms with Gasteiger partial charge in [0.2, 0.25) is 0 Å². The van der Waals surface area contributed by atoms with Crippen LogP contribution >= 0.6 is 0 Å². The molecule has 15 heavy (non-hydrogen) atoms. The lowest BCUT2D eigenvalue weighted by Crippen LogP contribution is -2.13. The molecule has 0 bridgehead atoms. The normalized spacial score (nSPS) is 23.1. The van der Waals surface area contributed by atoms with Crippen LogP contribution in [-0.2, 0) is 4.79 Å². The SMILES string of the molecule is O=C1NN=C(C2CC2)/C1=C\c1ncc[nH]1. The lowest BCUT2D eigenvalue weighted by atomic mass is 10.1. The Morgan fingerprint density at radius 1 is 1.47 bits per heavy atom. The molecule has 1 saturated carbocycles. The van der Waals surface area contributed by atoms with Crippen molar-refractivity contribution < 1.29 is 4.79 Å². The molecule has 0 radical (unpaired) electrons. The van der Waals surface area contributed by atoms with Crippen molar-refractivity contribution in [3.8, 4) is 0 Å². The number of rotatable bonds is 2. The Labute approximate surface area is 86.3 Å². The first-order valence-electron chi connectivity index (χ1n) is 4.94. The van der Waals surface area contributed by atoms with Crippen LogP contribution in [0.15, 0.2) is 23.1 Å². The fourth-order valence-corrected chi connectivity index (χ4v) is 1.65. The van der Waals surface area contributed by atoms with Gasteiger partial charge >= 0.3 is 0 Å². The molecule has 76 valence electrons. The zero-order chi connectivity index (χ0) is 10.3. The lowest BCUT2D eigenvalue weighted by Gasteiger charge is -1.96. The third kappa shape index (κ3) is 1.45. The highest BCUT2D eigenvalue weighted by Crippen LogP contribution is 2.34. The standard InChI is InChI=1S/C10H10N4O/c15-10-7(5-8-11-3-4-12-8)9(13-14-10)6-1-2-6/h3-6H,1-2H2,(H,11,12)(H,14,15)/b7-5+. The average molecular weight is 202 g/mol. The maximum absolute atomic E-state index is 11.5. The van der Waals surface area contributed by atoms with Crippen molar-refractivity contribution in [2.24, 2.45) is 11.0 Å². The number of hydrazone groups is 1. The van der Waals surface area contributed by atoms with E-state index in [-0.39, 0.29) is 5.91 Å². The maximum atomic E-state index is 11.5. The second-order valence-corrected chi connectivity index (χ2v) is 3.74. The minimum atomic E-state index is -0.131. The van der Waals surface area contributed by atoms with Crippen molar-refractivity contribution in [3.05, 3.63) is 23.8 Å². The van der Waals surface area contributed by atoms with Gasteiger partial charge in [-0.2, -0.15) is 5.10 Å². The monoisotopic (exact) mass is 202 g/mol. The van der Waals surface area contributed by atoms with E-state index in [9.17, 15) is 4.79 Å². The van der Waals surface area contributed by atoms with E-state index < -0.39 is 0 Å². The van der Waals surface area contributed by atoms with Crippen LogP contribution in [0.25, 0.3) is 6.08 Å². The van der Waals surface area contributed by atoms with E-state index in [0.717, 1.165) is 18.6 Å². The van der Waals surface area contributed by atoms with Gasteiger partial charge in [-0.3, -0.25) is 4.79 Å². The fourth-order valence-electron chi connectivity index (χ4n) is 1.65. The Morgan fingerprint density at radius 2 is 2.33 bits per heavy atom. The summed E-state index contributed by atoms with van der Waals surface area (Å²) in [6.45, 7) is 0. The van der Waals surface area contributed by atoms with Crippen molar-refractivity contribution in [2.45, 2.75) is 12.8 Å². The van der Waals surface area contributed by atoms with Gasteiger partial charge in [-0.15, -0.1) is 0 Å². The topological polar surface area (TPSA) is 70.1 Å². The van der Waals surface area contributed by atoms with E-state index in [1.165, 1.54) is 0 Å². The van der Waals surface area contributed by atoms with Crippen LogP contribution in [0.5, 0.6) is 0 Å². The lowest BCUT2D eigenvalue weighted by molar-refractivity contribution is -0.116. The van der Waals surface area contributed by atoms with Crippen molar-refractivity contribution in [1.82, 2.24) is 15.4 Å². The number of nitrogens with zero attached hydrogens (tertiary/aromatic N) is 2. The predicted molar refractivity (Wildman–Crippen MR) is 54.9 cm³/mol. The average Bonchev–Trinajstić information content (AvgIpc) is 2.82. The third-order valence-corrected chi connectivity index (χ3v) is 2.56. The van der Waals surface area contributed by atoms with Crippen molar-refractivity contribution >= 4 is 17.7 Å². The molecule has 0 atom stereocenters. The Morgan fingerprint density at radius 3 is 3.00 bits per heavy atom. The number of hydrogen-bond acceptors (Lipinski definition) is 3. The Bertz CT molecular complexity index is 454. The highest BCUT2D eigenvalue weighted by molar-refractivity contribution is 6.28. The van der Waals surface area contributed by atoms with E-state index in [0.29, 0.717) is 17.3 Å². The molecule has 0 saturated heterocycles. The van der Waals surface area contributed by atoms with Crippen LogP contribution in [-0.4, -0.2) is 21.6 Å². The molecule has 2 aliphatic rings. The number of carbonyl (C=O) groups is 1. The van der Waals surface area contributed by atoms with Crippen LogP contribution in [0.2, 0.25) is 0 Å². The van der Waals surface area contributed by atoms with Crippen LogP contribution in [0, 0.1) is 5.92 Å². The summed E-state index contributed by atoms with van der Waals surface area (Å²) in [6, 6.07) is 0. The van der Waals surface area contributed by atoms with E-state index >= 15 is 0 Å². The van der Waals surface area contributed by atoms with Gasteiger partial charge in [0.1, 0.15) is 5.82 Å². The zero-order valence-corrected chi connectivity index (χ0v) is 8.03. The van der Waals surface area contributed by atoms with Gasteiger partial charge in [0.15, 0.2) is 0 Å². The summed E-state index contributed by atoms with van der Waals surface area (Å²) in [7, 11) is 0. The second kappa shape index (κ2) is 3.05. The second-order valence-electron chi connectivity index (χ2n) is 3.74. The van der Waals surface area contributed by atoms with E-state index in [1.54, 1.807) is 18.5 Å². The molecule has 0 aromatic carbocycles. The molecule has 2 heterocycles. The summed E-state index contributed by atoms with van der Waals surface area (Å²) in [5.74, 6) is 1.02. The van der Waals surface area contributed by atoms with Crippen LogP contribution in [0.3, 0.4) is 0 Å². The van der Waals surface area contributed by atoms with Gasteiger partial charge < -0.3 is 4.98 Å². The number of H-pyrrole nitrogens is 1. The summed E-state index contributed by atoms with van der Waals surface area (Å²) in [4.78, 5) is 18.5. The molecule has 0 unspecified atom stereocenters. The summed E-state index contributed by atoms with van der Waals surface area (Å²) in [5, 5.41) is 4.05. The molecule has 1 fully saturated rings. The highest BCUT2D eigenvalue weighted by atomic mass is 16.2. The molecule has 1 aromatic rings. The Kier molecular flexibility index (Phi) is 1.71. The van der Waals surface area contributed by atoms with E-state index in [4.69, 9.17) is 0 Å². The third-order valence-electron chi connectivity index (χ3n) is 2.56. The molecule has 1 amide bonds. The van der Waals surface area contributed by atoms with Gasteiger partial charge in [0.05, 0.1) is 11.3 Å². The summed E-state index contributed by atoms with van der Waals surface area (Å²) < 4.78 is 0. The quantitative estimate of drug-likeness (QED) is 0.692. The number of carbonyl (C=O) groups excluding carboxylic acids is 1. The largest absolute Gasteiger partial charge is 0.345 e. The molecule has 1 aromatic heterocycles. The summed E-state index contributed by atoms with van der Waals surface area (Å²) in [6.07, 6.45) is 7.40. The minimum absolute atomic E-state index is 0.131. The molecule has 3 rings (SSSR count). The van der Waals surface area contributed by atoms with Gasteiger partial charge in [0.25, 0.3) is 5.91 Å². The number of hydrogen-bond donors (Lipinski definition) is 2. The Hall–Kier alpha value is -1.91. The number of imidazole rings is 1. The van der Waals surface area contributed by atoms with E-state index in [1.807, 2.05) is 0 Å². The van der Waals surface area contributed by atoms with Crippen molar-refractivity contribution in [2.75, 3.05) is 0 Å². The molecular weight excluding hydrogens is 192 g/mol. The molecule has 1 aliphatic heterocycles. The van der Waals surface area contributed by atoms with Crippen LogP contribution in [0.1, 0.15) is 18.7 Å². The number of nitrogens with one attached hydrogen (secondary N) is 2. The van der Waals surface area contributed by atoms with Gasteiger partial charge in [-0.05, 0) is 18.9 Å². The van der Waals surface area contributed by atoms with Gasteiger partial charge in [-0.1, -0.05) is 0 Å². The number of amides is 1. The van der Waals surface area contributed by atoms with Gasteiger partial charge in [-0.25, -0.2) is 10.4 Å². The van der Waals surface area contributed by atoms with Crippen molar-refractivity contribution in [1.29, 1.82) is 0 Å². The number of aromatic amines is 1. The molecular formula is C10H10N4O. The highest BCUT2D eigenvalue weighted by Gasteiger charge is 2.35. The zero-order valence-electron chi connectivity index (χ0n) is 8.03. The van der Waals surface area contributed by atoms with E-state index in [2.05, 4.69) is 20.5 Å². The number of aromatic nitrogens is 2.